The number of nitrogens with zero attached hydrogens (tertiary/aromatic N) is 2. The third-order valence-corrected chi connectivity index (χ3v) is 2.90. The fraction of sp³-hybridized carbons (Fsp3) is 0.625. The van der Waals surface area contributed by atoms with Crippen molar-refractivity contribution in [3.63, 3.8) is 0 Å². The van der Waals surface area contributed by atoms with Crippen LogP contribution >= 0.6 is 15.9 Å². The second-order valence-corrected chi connectivity index (χ2v) is 3.62. The molecule has 0 aliphatic rings. The lowest BCUT2D eigenvalue weighted by molar-refractivity contribution is 0.676. The maximum Gasteiger partial charge on any atom is 0.0738 e. The molecule has 0 atom stereocenters. The molecule has 0 saturated heterocycles. The standard InChI is InChI=1S/C8H14BrN3/c1-6-8(9)7(4-5-10-2)12(3)11-6/h10H,4-5H2,1-3H3. The molecular weight excluding hydrogens is 218 g/mol. The normalized spacial score (nSPS) is 10.7. The van der Waals surface area contributed by atoms with Crippen LogP contribution in [0.3, 0.4) is 0 Å². The molecule has 0 saturated carbocycles. The van der Waals surface area contributed by atoms with Crippen molar-refractivity contribution in [2.45, 2.75) is 13.3 Å². The van der Waals surface area contributed by atoms with Crippen LogP contribution in [-0.4, -0.2) is 23.4 Å². The summed E-state index contributed by atoms with van der Waals surface area (Å²) in [5.74, 6) is 0. The average molecular weight is 232 g/mol. The van der Waals surface area contributed by atoms with Crippen LogP contribution < -0.4 is 5.32 Å². The van der Waals surface area contributed by atoms with E-state index in [0.717, 1.165) is 23.1 Å². The van der Waals surface area contributed by atoms with E-state index in [1.807, 2.05) is 25.7 Å². The Balaban J connectivity index is 2.82. The molecule has 0 aromatic carbocycles. The van der Waals surface area contributed by atoms with Crippen LogP contribution in [-0.2, 0) is 13.5 Å². The second-order valence-electron chi connectivity index (χ2n) is 2.82. The van der Waals surface area contributed by atoms with E-state index in [4.69, 9.17) is 0 Å². The molecule has 0 fully saturated rings. The zero-order valence-corrected chi connectivity index (χ0v) is 9.27. The molecule has 0 radical (unpaired) electrons. The minimum atomic E-state index is 0.984. The van der Waals surface area contributed by atoms with Crippen LogP contribution in [0, 0.1) is 6.92 Å². The summed E-state index contributed by atoms with van der Waals surface area (Å²) in [4.78, 5) is 0. The highest BCUT2D eigenvalue weighted by Crippen LogP contribution is 2.19. The smallest absolute Gasteiger partial charge is 0.0738 e. The Kier molecular flexibility index (Phi) is 3.29. The van der Waals surface area contributed by atoms with Gasteiger partial charge in [-0.05, 0) is 29.9 Å². The van der Waals surface area contributed by atoms with Gasteiger partial charge in [0.1, 0.15) is 0 Å². The van der Waals surface area contributed by atoms with E-state index in [1.54, 1.807) is 0 Å². The molecule has 68 valence electrons. The Labute approximate surface area is 81.3 Å². The molecule has 1 heterocycles. The van der Waals surface area contributed by atoms with Crippen molar-refractivity contribution in [2.24, 2.45) is 7.05 Å². The first kappa shape index (κ1) is 9.74. The zero-order chi connectivity index (χ0) is 9.14. The SMILES string of the molecule is CNCCc1c(Br)c(C)nn1C. The molecule has 0 amide bonds. The average Bonchev–Trinajstić information content (AvgIpc) is 2.25. The Bertz CT molecular complexity index is 268. The predicted octanol–water partition coefficient (Wildman–Crippen LogP) is 1.25. The van der Waals surface area contributed by atoms with Gasteiger partial charge in [0.05, 0.1) is 15.9 Å². The Morgan fingerprint density at radius 2 is 2.25 bits per heavy atom. The van der Waals surface area contributed by atoms with Crippen molar-refractivity contribution >= 4 is 15.9 Å². The summed E-state index contributed by atoms with van der Waals surface area (Å²) in [5, 5.41) is 7.42. The van der Waals surface area contributed by atoms with Gasteiger partial charge in [-0.15, -0.1) is 0 Å². The van der Waals surface area contributed by atoms with E-state index >= 15 is 0 Å². The van der Waals surface area contributed by atoms with Crippen molar-refractivity contribution < 1.29 is 0 Å². The van der Waals surface area contributed by atoms with Crippen LogP contribution in [0.4, 0.5) is 0 Å². The van der Waals surface area contributed by atoms with Gasteiger partial charge in [-0.3, -0.25) is 4.68 Å². The topological polar surface area (TPSA) is 29.9 Å². The quantitative estimate of drug-likeness (QED) is 0.850. The third kappa shape index (κ3) is 1.87. The molecule has 4 heteroatoms. The minimum Gasteiger partial charge on any atom is -0.319 e. The summed E-state index contributed by atoms with van der Waals surface area (Å²) in [6.45, 7) is 2.99. The molecule has 1 aromatic rings. The van der Waals surface area contributed by atoms with Crippen LogP contribution in [0.2, 0.25) is 0 Å². The van der Waals surface area contributed by atoms with Crippen LogP contribution in [0.1, 0.15) is 11.4 Å². The first-order chi connectivity index (χ1) is 5.66. The molecule has 3 nitrogen and oxygen atoms in total. The lowest BCUT2D eigenvalue weighted by Crippen LogP contribution is -2.12. The number of aryl methyl sites for hydroxylation is 2. The number of hydrogen-bond donors (Lipinski definition) is 1. The Morgan fingerprint density at radius 3 is 2.67 bits per heavy atom. The largest absolute Gasteiger partial charge is 0.319 e. The first-order valence-corrected chi connectivity index (χ1v) is 4.78. The molecule has 0 bridgehead atoms. The van der Waals surface area contributed by atoms with Gasteiger partial charge in [-0.25, -0.2) is 0 Å². The number of nitrogens with one attached hydrogen (secondary N) is 1. The lowest BCUT2D eigenvalue weighted by atomic mass is 10.3. The summed E-state index contributed by atoms with van der Waals surface area (Å²) in [6.07, 6.45) is 1.01. The molecule has 0 aliphatic carbocycles. The van der Waals surface area contributed by atoms with E-state index in [2.05, 4.69) is 26.3 Å². The summed E-state index contributed by atoms with van der Waals surface area (Å²) < 4.78 is 3.07. The third-order valence-electron chi connectivity index (χ3n) is 1.87. The maximum absolute atomic E-state index is 4.31. The van der Waals surface area contributed by atoms with E-state index in [0.29, 0.717) is 0 Å². The number of aromatic nitrogens is 2. The Hall–Kier alpha value is -0.350. The van der Waals surface area contributed by atoms with Crippen molar-refractivity contribution in [1.29, 1.82) is 0 Å². The number of halogens is 1. The zero-order valence-electron chi connectivity index (χ0n) is 7.69. The van der Waals surface area contributed by atoms with Gasteiger partial charge in [-0.2, -0.15) is 5.10 Å². The van der Waals surface area contributed by atoms with Crippen molar-refractivity contribution in [3.8, 4) is 0 Å². The summed E-state index contributed by atoms with van der Waals surface area (Å²) >= 11 is 3.52. The number of likely N-dealkylation sites (N-methyl/N-ethyl adjacent to an activating group) is 1. The van der Waals surface area contributed by atoms with E-state index < -0.39 is 0 Å². The van der Waals surface area contributed by atoms with Gasteiger partial charge in [0, 0.05) is 20.0 Å². The summed E-state index contributed by atoms with van der Waals surface area (Å²) in [7, 11) is 3.93. The van der Waals surface area contributed by atoms with E-state index in [9.17, 15) is 0 Å². The van der Waals surface area contributed by atoms with Gasteiger partial charge in [0.15, 0.2) is 0 Å². The molecule has 1 aromatic heterocycles. The number of hydrogen-bond acceptors (Lipinski definition) is 2. The van der Waals surface area contributed by atoms with Crippen molar-refractivity contribution in [2.75, 3.05) is 13.6 Å². The van der Waals surface area contributed by atoms with E-state index in [-0.39, 0.29) is 0 Å². The van der Waals surface area contributed by atoms with Crippen molar-refractivity contribution in [1.82, 2.24) is 15.1 Å². The van der Waals surface area contributed by atoms with Gasteiger partial charge < -0.3 is 5.32 Å². The van der Waals surface area contributed by atoms with Gasteiger partial charge in [-0.1, -0.05) is 0 Å². The highest BCUT2D eigenvalue weighted by molar-refractivity contribution is 9.10. The van der Waals surface area contributed by atoms with E-state index in [1.165, 1.54) is 5.69 Å². The van der Waals surface area contributed by atoms with Gasteiger partial charge in [0.25, 0.3) is 0 Å². The molecule has 12 heavy (non-hydrogen) atoms. The molecule has 1 N–H and O–H groups in total. The fourth-order valence-corrected chi connectivity index (χ4v) is 1.73. The molecular formula is C8H14BrN3. The highest BCUT2D eigenvalue weighted by Gasteiger charge is 2.08. The maximum atomic E-state index is 4.31. The molecule has 0 spiro atoms. The van der Waals surface area contributed by atoms with Crippen LogP contribution in [0.15, 0.2) is 4.47 Å². The second kappa shape index (κ2) is 4.05. The van der Waals surface area contributed by atoms with Crippen molar-refractivity contribution in [3.05, 3.63) is 15.9 Å². The highest BCUT2D eigenvalue weighted by atomic mass is 79.9. The fourth-order valence-electron chi connectivity index (χ4n) is 1.20. The summed E-state index contributed by atoms with van der Waals surface area (Å²) in [5.41, 5.74) is 2.31. The predicted molar refractivity (Wildman–Crippen MR) is 53.3 cm³/mol. The van der Waals surface area contributed by atoms with Gasteiger partial charge in [0.2, 0.25) is 0 Å². The van der Waals surface area contributed by atoms with Crippen LogP contribution in [0.25, 0.3) is 0 Å². The molecule has 1 rings (SSSR count). The number of rotatable bonds is 3. The van der Waals surface area contributed by atoms with Crippen LogP contribution in [0.5, 0.6) is 0 Å². The summed E-state index contributed by atoms with van der Waals surface area (Å²) in [6, 6.07) is 0. The lowest BCUT2D eigenvalue weighted by Gasteiger charge is -2.01. The minimum absolute atomic E-state index is 0.984. The monoisotopic (exact) mass is 231 g/mol. The molecule has 0 aliphatic heterocycles. The first-order valence-electron chi connectivity index (χ1n) is 3.99. The molecule has 0 unspecified atom stereocenters. The van der Waals surface area contributed by atoms with Gasteiger partial charge >= 0.3 is 0 Å². The Morgan fingerprint density at radius 1 is 1.58 bits per heavy atom.